The molecule has 0 atom stereocenters. The van der Waals surface area contributed by atoms with Gasteiger partial charge in [0, 0.05) is 16.7 Å². The van der Waals surface area contributed by atoms with Gasteiger partial charge in [-0.3, -0.25) is 0 Å². The van der Waals surface area contributed by atoms with E-state index in [2.05, 4.69) is 33.0 Å². The molecule has 0 aromatic heterocycles. The Balaban J connectivity index is 2.83. The summed E-state index contributed by atoms with van der Waals surface area (Å²) in [6.45, 7) is 10.4. The van der Waals surface area contributed by atoms with Crippen LogP contribution in [0.25, 0.3) is 0 Å². The molecule has 0 saturated carbocycles. The molecule has 1 aliphatic heterocycles. The predicted molar refractivity (Wildman–Crippen MR) is 65.4 cm³/mol. The minimum Gasteiger partial charge on any atom is -0.478 e. The van der Waals surface area contributed by atoms with Crippen LogP contribution in [0.1, 0.15) is 47.5 Å². The molecular formula is C13H23NO2. The Kier molecular flexibility index (Phi) is 3.48. The number of aliphatic carboxylic acids is 1. The highest BCUT2D eigenvalue weighted by Crippen LogP contribution is 2.33. The van der Waals surface area contributed by atoms with Crippen molar-refractivity contribution in [1.29, 1.82) is 0 Å². The zero-order valence-electron chi connectivity index (χ0n) is 10.9. The fraction of sp³-hybridized carbons (Fsp3) is 0.769. The number of rotatable bonds is 2. The largest absolute Gasteiger partial charge is 0.478 e. The van der Waals surface area contributed by atoms with Gasteiger partial charge in [-0.25, -0.2) is 4.79 Å². The number of piperidine rings is 1. The van der Waals surface area contributed by atoms with Gasteiger partial charge in [0.05, 0.1) is 0 Å². The second-order valence-electron chi connectivity index (χ2n) is 6.22. The van der Waals surface area contributed by atoms with E-state index in [-0.39, 0.29) is 11.1 Å². The topological polar surface area (TPSA) is 49.3 Å². The minimum atomic E-state index is -0.811. The number of carboxylic acids is 1. The number of nitrogens with one attached hydrogen (secondary N) is 1. The Morgan fingerprint density at radius 1 is 1.25 bits per heavy atom. The molecule has 1 fully saturated rings. The molecule has 0 unspecified atom stereocenters. The Morgan fingerprint density at radius 2 is 1.69 bits per heavy atom. The highest BCUT2D eigenvalue weighted by atomic mass is 16.4. The number of carbonyl (C=O) groups is 1. The Morgan fingerprint density at radius 3 is 2.06 bits per heavy atom. The van der Waals surface area contributed by atoms with Crippen LogP contribution in [0.15, 0.2) is 11.6 Å². The van der Waals surface area contributed by atoms with Gasteiger partial charge in [0.25, 0.3) is 0 Å². The van der Waals surface area contributed by atoms with Crippen molar-refractivity contribution in [1.82, 2.24) is 5.32 Å². The molecule has 1 heterocycles. The molecule has 16 heavy (non-hydrogen) atoms. The van der Waals surface area contributed by atoms with Gasteiger partial charge >= 0.3 is 5.97 Å². The van der Waals surface area contributed by atoms with Crippen molar-refractivity contribution in [3.63, 3.8) is 0 Å². The van der Waals surface area contributed by atoms with Gasteiger partial charge in [0.2, 0.25) is 0 Å². The number of carboxylic acid groups (broad SMARTS) is 1. The Hall–Kier alpha value is -0.830. The van der Waals surface area contributed by atoms with Crippen LogP contribution in [0, 0.1) is 5.92 Å². The first-order valence-electron chi connectivity index (χ1n) is 5.82. The van der Waals surface area contributed by atoms with E-state index in [0.29, 0.717) is 11.5 Å². The summed E-state index contributed by atoms with van der Waals surface area (Å²) in [5.74, 6) is -0.462. The molecule has 1 aliphatic rings. The maximum atomic E-state index is 10.8. The van der Waals surface area contributed by atoms with Crippen LogP contribution in [-0.2, 0) is 4.79 Å². The zero-order chi connectivity index (χ0) is 12.6. The summed E-state index contributed by atoms with van der Waals surface area (Å²) in [6, 6.07) is 0. The predicted octanol–water partition coefficient (Wildman–Crippen LogP) is 2.57. The maximum Gasteiger partial charge on any atom is 0.330 e. The molecule has 0 aliphatic carbocycles. The van der Waals surface area contributed by atoms with Crippen LogP contribution < -0.4 is 5.32 Å². The van der Waals surface area contributed by atoms with Crippen molar-refractivity contribution in [3.8, 4) is 0 Å². The van der Waals surface area contributed by atoms with Crippen LogP contribution in [0.3, 0.4) is 0 Å². The molecule has 0 aromatic rings. The van der Waals surface area contributed by atoms with E-state index in [1.807, 2.05) is 6.08 Å². The SMILES string of the molecule is C/C(=C\C1CC(C)(C)NC(C)(C)C1)C(=O)O. The van der Waals surface area contributed by atoms with E-state index in [1.165, 1.54) is 0 Å². The molecule has 1 saturated heterocycles. The second kappa shape index (κ2) is 4.21. The average Bonchev–Trinajstić information content (AvgIpc) is 1.96. The van der Waals surface area contributed by atoms with Crippen LogP contribution in [0.4, 0.5) is 0 Å². The van der Waals surface area contributed by atoms with Crippen LogP contribution >= 0.6 is 0 Å². The summed E-state index contributed by atoms with van der Waals surface area (Å²) < 4.78 is 0. The summed E-state index contributed by atoms with van der Waals surface area (Å²) in [6.07, 6.45) is 3.88. The van der Waals surface area contributed by atoms with E-state index >= 15 is 0 Å². The third kappa shape index (κ3) is 3.63. The molecule has 3 heteroatoms. The molecule has 92 valence electrons. The highest BCUT2D eigenvalue weighted by Gasteiger charge is 2.36. The third-order valence-corrected chi connectivity index (χ3v) is 3.04. The van der Waals surface area contributed by atoms with Gasteiger partial charge in [-0.1, -0.05) is 6.08 Å². The van der Waals surface area contributed by atoms with Crippen molar-refractivity contribution in [3.05, 3.63) is 11.6 Å². The van der Waals surface area contributed by atoms with Crippen molar-refractivity contribution >= 4 is 5.97 Å². The van der Waals surface area contributed by atoms with Gasteiger partial charge in [-0.2, -0.15) is 0 Å². The van der Waals surface area contributed by atoms with E-state index in [0.717, 1.165) is 12.8 Å². The Bertz CT molecular complexity index is 300. The molecule has 1 rings (SSSR count). The third-order valence-electron chi connectivity index (χ3n) is 3.04. The van der Waals surface area contributed by atoms with Gasteiger partial charge in [0.1, 0.15) is 0 Å². The van der Waals surface area contributed by atoms with Crippen molar-refractivity contribution in [2.75, 3.05) is 0 Å². The lowest BCUT2D eigenvalue weighted by atomic mass is 9.75. The molecule has 0 amide bonds. The van der Waals surface area contributed by atoms with E-state index in [9.17, 15) is 4.79 Å². The van der Waals surface area contributed by atoms with Crippen LogP contribution in [0.2, 0.25) is 0 Å². The lowest BCUT2D eigenvalue weighted by Gasteiger charge is -2.46. The van der Waals surface area contributed by atoms with Gasteiger partial charge in [-0.15, -0.1) is 0 Å². The minimum absolute atomic E-state index is 0.0711. The van der Waals surface area contributed by atoms with Gasteiger partial charge in [-0.05, 0) is 53.4 Å². The summed E-state index contributed by atoms with van der Waals surface area (Å²) >= 11 is 0. The second-order valence-corrected chi connectivity index (χ2v) is 6.22. The monoisotopic (exact) mass is 225 g/mol. The smallest absolute Gasteiger partial charge is 0.330 e. The average molecular weight is 225 g/mol. The van der Waals surface area contributed by atoms with Crippen LogP contribution in [0.5, 0.6) is 0 Å². The number of hydrogen-bond acceptors (Lipinski definition) is 2. The molecule has 0 bridgehead atoms. The zero-order valence-corrected chi connectivity index (χ0v) is 10.9. The number of hydrogen-bond donors (Lipinski definition) is 2. The molecular weight excluding hydrogens is 202 g/mol. The van der Waals surface area contributed by atoms with Crippen molar-refractivity contribution in [2.45, 2.75) is 58.5 Å². The number of allylic oxidation sites excluding steroid dienone is 1. The van der Waals surface area contributed by atoms with Crippen molar-refractivity contribution in [2.24, 2.45) is 5.92 Å². The summed E-state index contributed by atoms with van der Waals surface area (Å²) in [5.41, 5.74) is 0.599. The lowest BCUT2D eigenvalue weighted by Crippen LogP contribution is -2.57. The fourth-order valence-electron chi connectivity index (χ4n) is 2.94. The summed E-state index contributed by atoms with van der Waals surface area (Å²) in [4.78, 5) is 10.8. The first kappa shape index (κ1) is 13.2. The quantitative estimate of drug-likeness (QED) is 0.710. The molecule has 3 nitrogen and oxygen atoms in total. The standard InChI is InChI=1S/C13H23NO2/c1-9(11(15)16)6-10-7-12(2,3)14-13(4,5)8-10/h6,10,14H,7-8H2,1-5H3,(H,15,16)/b9-6+. The molecule has 0 spiro atoms. The van der Waals surface area contributed by atoms with Gasteiger partial charge < -0.3 is 10.4 Å². The summed E-state index contributed by atoms with van der Waals surface area (Å²) in [5, 5.41) is 12.5. The first-order chi connectivity index (χ1) is 7.11. The van der Waals surface area contributed by atoms with E-state index in [4.69, 9.17) is 5.11 Å². The fourth-order valence-corrected chi connectivity index (χ4v) is 2.94. The Labute approximate surface area is 97.9 Å². The van der Waals surface area contributed by atoms with E-state index < -0.39 is 5.97 Å². The van der Waals surface area contributed by atoms with E-state index in [1.54, 1.807) is 6.92 Å². The normalized spacial score (nSPS) is 25.4. The lowest BCUT2D eigenvalue weighted by molar-refractivity contribution is -0.132. The summed E-state index contributed by atoms with van der Waals surface area (Å²) in [7, 11) is 0. The highest BCUT2D eigenvalue weighted by molar-refractivity contribution is 5.85. The first-order valence-corrected chi connectivity index (χ1v) is 5.82. The van der Waals surface area contributed by atoms with Gasteiger partial charge in [0.15, 0.2) is 0 Å². The molecule has 2 N–H and O–H groups in total. The van der Waals surface area contributed by atoms with Crippen molar-refractivity contribution < 1.29 is 9.90 Å². The molecule has 0 aromatic carbocycles. The molecule has 0 radical (unpaired) electrons. The maximum absolute atomic E-state index is 10.8. The van der Waals surface area contributed by atoms with Crippen LogP contribution in [-0.4, -0.2) is 22.2 Å².